The van der Waals surface area contributed by atoms with Crippen molar-refractivity contribution < 1.29 is 14.4 Å². The van der Waals surface area contributed by atoms with Crippen LogP contribution in [0.3, 0.4) is 0 Å². The zero-order chi connectivity index (χ0) is 19.4. The first-order valence-electron chi connectivity index (χ1n) is 8.34. The van der Waals surface area contributed by atoms with Crippen LogP contribution in [0.25, 0.3) is 0 Å². The van der Waals surface area contributed by atoms with Gasteiger partial charge in [-0.25, -0.2) is 0 Å². The second kappa shape index (κ2) is 7.69. The molecule has 1 aliphatic heterocycles. The van der Waals surface area contributed by atoms with Crippen molar-refractivity contribution in [1.82, 2.24) is 5.32 Å². The molecule has 2 aromatic rings. The molecular weight excluding hydrogens is 346 g/mol. The Morgan fingerprint density at radius 3 is 2.37 bits per heavy atom. The third-order valence-corrected chi connectivity index (χ3v) is 4.17. The molecule has 138 valence electrons. The number of anilines is 2. The summed E-state index contributed by atoms with van der Waals surface area (Å²) in [7, 11) is 1.51. The molecule has 0 unspecified atom stereocenters. The van der Waals surface area contributed by atoms with Crippen molar-refractivity contribution in [3.05, 3.63) is 60.2 Å². The second-order valence-electron chi connectivity index (χ2n) is 5.93. The molecular formula is C19H19N5O3. The minimum atomic E-state index is -0.748. The number of primary amides is 1. The highest BCUT2D eigenvalue weighted by atomic mass is 16.2. The Labute approximate surface area is 156 Å². The van der Waals surface area contributed by atoms with Crippen molar-refractivity contribution in [3.8, 4) is 0 Å². The van der Waals surface area contributed by atoms with Gasteiger partial charge in [0.05, 0.1) is 16.9 Å². The van der Waals surface area contributed by atoms with E-state index >= 15 is 0 Å². The summed E-state index contributed by atoms with van der Waals surface area (Å²) in [5.74, 6) is -1.38. The Balaban J connectivity index is 1.85. The molecule has 0 spiro atoms. The van der Waals surface area contributed by atoms with E-state index in [1.54, 1.807) is 48.5 Å². The smallest absolute Gasteiger partial charge is 0.271 e. The van der Waals surface area contributed by atoms with E-state index in [0.717, 1.165) is 0 Å². The number of nitrogens with zero attached hydrogens (tertiary/aromatic N) is 2. The standard InChI is InChI=1S/C19H19N5O3/c1-21-18(26)13-9-5-6-10-14(13)22-19(27)15-11-16(17(20)25)24(23-15)12-7-3-2-4-8-12/h2-10,16H,11H2,1H3,(H2,20,25)(H,21,26)(H,22,27)/t16-/m0/s1. The first kappa shape index (κ1) is 18.1. The van der Waals surface area contributed by atoms with Gasteiger partial charge in [0.15, 0.2) is 0 Å². The van der Waals surface area contributed by atoms with E-state index in [1.165, 1.54) is 12.1 Å². The topological polar surface area (TPSA) is 117 Å². The van der Waals surface area contributed by atoms with Crippen LogP contribution < -0.4 is 21.4 Å². The van der Waals surface area contributed by atoms with Crippen LogP contribution in [0.1, 0.15) is 16.8 Å². The molecule has 1 aliphatic rings. The summed E-state index contributed by atoms with van der Waals surface area (Å²) in [5.41, 5.74) is 7.00. The lowest BCUT2D eigenvalue weighted by atomic mass is 10.1. The van der Waals surface area contributed by atoms with Crippen LogP contribution in [0.5, 0.6) is 0 Å². The van der Waals surface area contributed by atoms with E-state index in [9.17, 15) is 14.4 Å². The second-order valence-corrected chi connectivity index (χ2v) is 5.93. The third-order valence-electron chi connectivity index (χ3n) is 4.17. The number of hydrogen-bond donors (Lipinski definition) is 3. The number of hydrazone groups is 1. The third kappa shape index (κ3) is 3.79. The monoisotopic (exact) mass is 365 g/mol. The average molecular weight is 365 g/mol. The Morgan fingerprint density at radius 1 is 1.04 bits per heavy atom. The van der Waals surface area contributed by atoms with Gasteiger partial charge < -0.3 is 16.4 Å². The van der Waals surface area contributed by atoms with Crippen molar-refractivity contribution in [2.75, 3.05) is 17.4 Å². The fourth-order valence-electron chi connectivity index (χ4n) is 2.81. The molecule has 0 radical (unpaired) electrons. The predicted molar refractivity (Wildman–Crippen MR) is 102 cm³/mol. The number of nitrogens with two attached hydrogens (primary N) is 1. The van der Waals surface area contributed by atoms with E-state index < -0.39 is 17.9 Å². The molecule has 0 aromatic heterocycles. The van der Waals surface area contributed by atoms with Crippen LogP contribution >= 0.6 is 0 Å². The van der Waals surface area contributed by atoms with Crippen LogP contribution in [0.2, 0.25) is 0 Å². The summed E-state index contributed by atoms with van der Waals surface area (Å²) in [6, 6.07) is 14.9. The summed E-state index contributed by atoms with van der Waals surface area (Å²) in [6.07, 6.45) is 0.0815. The van der Waals surface area contributed by atoms with E-state index in [-0.39, 0.29) is 18.0 Å². The fourth-order valence-corrected chi connectivity index (χ4v) is 2.81. The van der Waals surface area contributed by atoms with Crippen LogP contribution in [-0.2, 0) is 9.59 Å². The highest BCUT2D eigenvalue weighted by molar-refractivity contribution is 6.44. The zero-order valence-corrected chi connectivity index (χ0v) is 14.7. The van der Waals surface area contributed by atoms with E-state index in [0.29, 0.717) is 16.9 Å². The average Bonchev–Trinajstić information content (AvgIpc) is 3.14. The molecule has 1 heterocycles. The first-order chi connectivity index (χ1) is 13.0. The SMILES string of the molecule is CNC(=O)c1ccccc1NC(=O)C1=NN(c2ccccc2)[C@H](C(N)=O)C1. The number of amides is 3. The Hall–Kier alpha value is -3.68. The summed E-state index contributed by atoms with van der Waals surface area (Å²) in [4.78, 5) is 36.4. The van der Waals surface area contributed by atoms with Crippen molar-refractivity contribution in [1.29, 1.82) is 0 Å². The van der Waals surface area contributed by atoms with Crippen LogP contribution in [0, 0.1) is 0 Å². The molecule has 8 heteroatoms. The van der Waals surface area contributed by atoms with Crippen LogP contribution in [0.4, 0.5) is 11.4 Å². The van der Waals surface area contributed by atoms with E-state index in [1.807, 2.05) is 6.07 Å². The lowest BCUT2D eigenvalue weighted by molar-refractivity contribution is -0.119. The summed E-state index contributed by atoms with van der Waals surface area (Å²) in [5, 5.41) is 10.9. The molecule has 2 aromatic carbocycles. The van der Waals surface area contributed by atoms with E-state index in [2.05, 4.69) is 15.7 Å². The number of carbonyl (C=O) groups is 3. The van der Waals surface area contributed by atoms with Gasteiger partial charge in [-0.05, 0) is 24.3 Å². The number of nitrogens with one attached hydrogen (secondary N) is 2. The van der Waals surface area contributed by atoms with Gasteiger partial charge in [-0.15, -0.1) is 0 Å². The molecule has 8 nitrogen and oxygen atoms in total. The van der Waals surface area contributed by atoms with Gasteiger partial charge in [-0.2, -0.15) is 5.10 Å². The molecule has 3 amide bonds. The fraction of sp³-hybridized carbons (Fsp3) is 0.158. The highest BCUT2D eigenvalue weighted by Crippen LogP contribution is 2.25. The predicted octanol–water partition coefficient (Wildman–Crippen LogP) is 1.10. The normalized spacial score (nSPS) is 15.8. The minimum absolute atomic E-state index is 0.0815. The lowest BCUT2D eigenvalue weighted by Crippen LogP contribution is -2.39. The van der Waals surface area contributed by atoms with Crippen molar-refractivity contribution in [2.24, 2.45) is 10.8 Å². The van der Waals surface area contributed by atoms with Gasteiger partial charge in [0.1, 0.15) is 11.8 Å². The number of hydrogen-bond acceptors (Lipinski definition) is 5. The summed E-state index contributed by atoms with van der Waals surface area (Å²) < 4.78 is 0. The zero-order valence-electron chi connectivity index (χ0n) is 14.7. The maximum Gasteiger partial charge on any atom is 0.271 e. The van der Waals surface area contributed by atoms with Gasteiger partial charge in [0, 0.05) is 13.5 Å². The molecule has 0 saturated carbocycles. The van der Waals surface area contributed by atoms with Crippen LogP contribution in [-0.4, -0.2) is 36.5 Å². The lowest BCUT2D eigenvalue weighted by Gasteiger charge is -2.20. The quantitative estimate of drug-likeness (QED) is 0.735. The summed E-state index contributed by atoms with van der Waals surface area (Å²) in [6.45, 7) is 0. The van der Waals surface area contributed by atoms with Crippen LogP contribution in [0.15, 0.2) is 59.7 Å². The van der Waals surface area contributed by atoms with Crippen molar-refractivity contribution in [3.63, 3.8) is 0 Å². The number of benzene rings is 2. The molecule has 1 atom stereocenters. The molecule has 4 N–H and O–H groups in total. The number of rotatable bonds is 5. The maximum absolute atomic E-state index is 12.7. The minimum Gasteiger partial charge on any atom is -0.368 e. The van der Waals surface area contributed by atoms with Crippen molar-refractivity contribution in [2.45, 2.75) is 12.5 Å². The molecule has 27 heavy (non-hydrogen) atoms. The van der Waals surface area contributed by atoms with Gasteiger partial charge in [0.25, 0.3) is 11.8 Å². The largest absolute Gasteiger partial charge is 0.368 e. The highest BCUT2D eigenvalue weighted by Gasteiger charge is 2.35. The molecule has 0 bridgehead atoms. The number of para-hydroxylation sites is 2. The molecule has 0 fully saturated rings. The van der Waals surface area contributed by atoms with Gasteiger partial charge >= 0.3 is 0 Å². The van der Waals surface area contributed by atoms with Gasteiger partial charge in [-0.1, -0.05) is 30.3 Å². The van der Waals surface area contributed by atoms with Crippen molar-refractivity contribution >= 4 is 34.8 Å². The maximum atomic E-state index is 12.7. The Morgan fingerprint density at radius 2 is 1.70 bits per heavy atom. The summed E-state index contributed by atoms with van der Waals surface area (Å²) >= 11 is 0. The molecule has 0 aliphatic carbocycles. The van der Waals surface area contributed by atoms with Gasteiger partial charge in [0.2, 0.25) is 5.91 Å². The first-order valence-corrected chi connectivity index (χ1v) is 8.34. The van der Waals surface area contributed by atoms with Gasteiger partial charge in [-0.3, -0.25) is 19.4 Å². The Bertz CT molecular complexity index is 911. The molecule has 3 rings (SSSR count). The Kier molecular flexibility index (Phi) is 5.16. The number of carbonyl (C=O) groups excluding carboxylic acids is 3. The molecule has 0 saturated heterocycles. The van der Waals surface area contributed by atoms with E-state index in [4.69, 9.17) is 5.73 Å².